The number of benzene rings is 1. The van der Waals surface area contributed by atoms with Crippen LogP contribution in [0.3, 0.4) is 0 Å². The number of carbonyl (C=O) groups is 1. The van der Waals surface area contributed by atoms with Gasteiger partial charge in [-0.05, 0) is 30.0 Å². The quantitative estimate of drug-likeness (QED) is 0.755. The van der Waals surface area contributed by atoms with Gasteiger partial charge in [-0.2, -0.15) is 0 Å². The van der Waals surface area contributed by atoms with Crippen LogP contribution < -0.4 is 10.6 Å². The van der Waals surface area contributed by atoms with Gasteiger partial charge in [0.2, 0.25) is 5.91 Å². The van der Waals surface area contributed by atoms with Crippen LogP contribution in [0.25, 0.3) is 0 Å². The number of hydrogen-bond acceptors (Lipinski definition) is 4. The van der Waals surface area contributed by atoms with Crippen LogP contribution in [-0.4, -0.2) is 38.0 Å². The number of ether oxygens (including phenoxy) is 2. The van der Waals surface area contributed by atoms with Gasteiger partial charge in [0.1, 0.15) is 0 Å². The molecule has 1 atom stereocenters. The van der Waals surface area contributed by atoms with Gasteiger partial charge in [-0.3, -0.25) is 4.79 Å². The summed E-state index contributed by atoms with van der Waals surface area (Å²) >= 11 is 0. The molecule has 1 aliphatic carbocycles. The SMILES string of the molecule is C=CC(CCC(=O)NC)Nc1ccc(C2CC3(C2)OCCO3)cc1. The van der Waals surface area contributed by atoms with Crippen LogP contribution in [-0.2, 0) is 14.3 Å². The molecule has 1 aliphatic heterocycles. The molecule has 2 aliphatic rings. The first-order chi connectivity index (χ1) is 11.6. The summed E-state index contributed by atoms with van der Waals surface area (Å²) in [5.41, 5.74) is 2.37. The van der Waals surface area contributed by atoms with E-state index in [1.807, 2.05) is 6.08 Å². The van der Waals surface area contributed by atoms with Crippen LogP contribution in [0.2, 0.25) is 0 Å². The average Bonchev–Trinajstić information content (AvgIpc) is 3.07. The highest BCUT2D eigenvalue weighted by atomic mass is 16.7. The van der Waals surface area contributed by atoms with Crippen molar-refractivity contribution in [2.45, 2.75) is 43.4 Å². The molecule has 0 radical (unpaired) electrons. The van der Waals surface area contributed by atoms with Crippen molar-refractivity contribution in [1.82, 2.24) is 5.32 Å². The normalized spacial score (nSPS) is 20.4. The van der Waals surface area contributed by atoms with E-state index >= 15 is 0 Å². The van der Waals surface area contributed by atoms with Crippen molar-refractivity contribution in [3.63, 3.8) is 0 Å². The summed E-state index contributed by atoms with van der Waals surface area (Å²) in [6, 6.07) is 8.59. The Bertz CT molecular complexity index is 571. The fourth-order valence-corrected chi connectivity index (χ4v) is 3.39. The number of amides is 1. The molecule has 1 aromatic carbocycles. The molecular formula is C19H26N2O3. The minimum Gasteiger partial charge on any atom is -0.379 e. The number of hydrogen-bond donors (Lipinski definition) is 2. The van der Waals surface area contributed by atoms with Crippen molar-refractivity contribution in [3.05, 3.63) is 42.5 Å². The van der Waals surface area contributed by atoms with Crippen molar-refractivity contribution in [1.29, 1.82) is 0 Å². The van der Waals surface area contributed by atoms with Gasteiger partial charge in [0, 0.05) is 38.0 Å². The maximum Gasteiger partial charge on any atom is 0.219 e. The molecule has 0 bridgehead atoms. The molecule has 1 aromatic rings. The lowest BCUT2D eigenvalue weighted by molar-refractivity contribution is -0.215. The lowest BCUT2D eigenvalue weighted by Gasteiger charge is -2.43. The van der Waals surface area contributed by atoms with Crippen molar-refractivity contribution in [3.8, 4) is 0 Å². The Labute approximate surface area is 143 Å². The Morgan fingerprint density at radius 1 is 1.33 bits per heavy atom. The Hall–Kier alpha value is -1.85. The predicted molar refractivity (Wildman–Crippen MR) is 94.0 cm³/mol. The molecule has 5 heteroatoms. The van der Waals surface area contributed by atoms with E-state index in [2.05, 4.69) is 41.5 Å². The third kappa shape index (κ3) is 3.79. The Balaban J connectivity index is 1.51. The van der Waals surface area contributed by atoms with Crippen LogP contribution in [0, 0.1) is 0 Å². The Morgan fingerprint density at radius 3 is 2.58 bits per heavy atom. The van der Waals surface area contributed by atoms with Gasteiger partial charge in [0.15, 0.2) is 5.79 Å². The summed E-state index contributed by atoms with van der Waals surface area (Å²) in [4.78, 5) is 11.4. The highest BCUT2D eigenvalue weighted by Gasteiger charge is 2.49. The largest absolute Gasteiger partial charge is 0.379 e. The van der Waals surface area contributed by atoms with Crippen molar-refractivity contribution in [2.75, 3.05) is 25.6 Å². The molecule has 130 valence electrons. The third-order valence-electron chi connectivity index (χ3n) is 4.91. The fourth-order valence-electron chi connectivity index (χ4n) is 3.39. The predicted octanol–water partition coefficient (Wildman–Crippen LogP) is 2.80. The molecule has 2 fully saturated rings. The van der Waals surface area contributed by atoms with E-state index in [0.29, 0.717) is 25.6 Å². The molecular weight excluding hydrogens is 304 g/mol. The first-order valence-electron chi connectivity index (χ1n) is 8.62. The second kappa shape index (κ2) is 7.36. The smallest absolute Gasteiger partial charge is 0.219 e. The van der Waals surface area contributed by atoms with Gasteiger partial charge in [-0.1, -0.05) is 18.2 Å². The topological polar surface area (TPSA) is 59.6 Å². The number of anilines is 1. The molecule has 1 saturated carbocycles. The molecule has 1 amide bonds. The van der Waals surface area contributed by atoms with Gasteiger partial charge in [0.25, 0.3) is 0 Å². The molecule has 3 rings (SSSR count). The number of rotatable bonds is 7. The molecule has 1 heterocycles. The van der Waals surface area contributed by atoms with Crippen molar-refractivity contribution in [2.24, 2.45) is 0 Å². The molecule has 1 spiro atoms. The second-order valence-electron chi connectivity index (χ2n) is 6.53. The van der Waals surface area contributed by atoms with E-state index in [1.54, 1.807) is 7.05 Å². The second-order valence-corrected chi connectivity index (χ2v) is 6.53. The van der Waals surface area contributed by atoms with E-state index in [4.69, 9.17) is 9.47 Å². The molecule has 2 N–H and O–H groups in total. The van der Waals surface area contributed by atoms with E-state index in [1.165, 1.54) is 5.56 Å². The molecule has 1 saturated heterocycles. The lowest BCUT2D eigenvalue weighted by atomic mass is 9.74. The molecule has 5 nitrogen and oxygen atoms in total. The van der Waals surface area contributed by atoms with Gasteiger partial charge in [0.05, 0.1) is 13.2 Å². The molecule has 1 unspecified atom stereocenters. The van der Waals surface area contributed by atoms with Crippen molar-refractivity contribution < 1.29 is 14.3 Å². The zero-order valence-electron chi connectivity index (χ0n) is 14.2. The van der Waals surface area contributed by atoms with Gasteiger partial charge in [-0.15, -0.1) is 6.58 Å². The van der Waals surface area contributed by atoms with Gasteiger partial charge < -0.3 is 20.1 Å². The van der Waals surface area contributed by atoms with Crippen molar-refractivity contribution >= 4 is 11.6 Å². The Morgan fingerprint density at radius 2 is 2.00 bits per heavy atom. The fraction of sp³-hybridized carbons (Fsp3) is 0.526. The van der Waals surface area contributed by atoms with E-state index in [0.717, 1.165) is 24.9 Å². The van der Waals surface area contributed by atoms with Gasteiger partial charge >= 0.3 is 0 Å². The Kier molecular flexibility index (Phi) is 5.21. The van der Waals surface area contributed by atoms with Gasteiger partial charge in [-0.25, -0.2) is 0 Å². The lowest BCUT2D eigenvalue weighted by Crippen LogP contribution is -2.43. The number of nitrogens with one attached hydrogen (secondary N) is 2. The van der Waals surface area contributed by atoms with E-state index < -0.39 is 0 Å². The minimum atomic E-state index is -0.296. The van der Waals surface area contributed by atoms with Crippen LogP contribution in [0.4, 0.5) is 5.69 Å². The maximum absolute atomic E-state index is 11.4. The standard InChI is InChI=1S/C19H26N2O3/c1-3-16(8-9-18(22)20-2)21-17-6-4-14(5-7-17)15-12-19(13-15)23-10-11-24-19/h3-7,15-16,21H,1,8-13H2,2H3,(H,20,22). The summed E-state index contributed by atoms with van der Waals surface area (Å²) in [6.45, 7) is 5.28. The summed E-state index contributed by atoms with van der Waals surface area (Å²) in [5, 5.41) is 6.05. The van der Waals surface area contributed by atoms with E-state index in [-0.39, 0.29) is 17.7 Å². The summed E-state index contributed by atoms with van der Waals surface area (Å²) < 4.78 is 11.4. The third-order valence-corrected chi connectivity index (χ3v) is 4.91. The first kappa shape index (κ1) is 17.0. The first-order valence-corrected chi connectivity index (χ1v) is 8.62. The highest BCUT2D eigenvalue weighted by molar-refractivity contribution is 5.75. The summed E-state index contributed by atoms with van der Waals surface area (Å²) in [6.07, 6.45) is 4.96. The minimum absolute atomic E-state index is 0.0502. The van der Waals surface area contributed by atoms with Crippen LogP contribution in [0.5, 0.6) is 0 Å². The molecule has 24 heavy (non-hydrogen) atoms. The zero-order valence-corrected chi connectivity index (χ0v) is 14.2. The summed E-state index contributed by atoms with van der Waals surface area (Å²) in [5.74, 6) is 0.268. The zero-order chi connectivity index (χ0) is 17.0. The van der Waals surface area contributed by atoms with E-state index in [9.17, 15) is 4.79 Å². The maximum atomic E-state index is 11.4. The highest BCUT2D eigenvalue weighted by Crippen LogP contribution is 2.49. The summed E-state index contributed by atoms with van der Waals surface area (Å²) in [7, 11) is 1.66. The monoisotopic (exact) mass is 330 g/mol. The van der Waals surface area contributed by atoms with Crippen LogP contribution in [0.1, 0.15) is 37.2 Å². The number of carbonyl (C=O) groups excluding carboxylic acids is 1. The van der Waals surface area contributed by atoms with Crippen LogP contribution >= 0.6 is 0 Å². The molecule has 0 aromatic heterocycles. The average molecular weight is 330 g/mol. The van der Waals surface area contributed by atoms with Crippen LogP contribution in [0.15, 0.2) is 36.9 Å².